The highest BCUT2D eigenvalue weighted by atomic mass is 32.2. The minimum Gasteiger partial charge on any atom is -0.467 e. The van der Waals surface area contributed by atoms with E-state index in [0.717, 1.165) is 17.3 Å². The highest BCUT2D eigenvalue weighted by molar-refractivity contribution is 7.99. The summed E-state index contributed by atoms with van der Waals surface area (Å²) in [7, 11) is 1.29. The van der Waals surface area contributed by atoms with Gasteiger partial charge in [0.15, 0.2) is 0 Å². The number of nitrogens with zero attached hydrogens (tertiary/aromatic N) is 2. The molecule has 0 saturated carbocycles. The van der Waals surface area contributed by atoms with Crippen molar-refractivity contribution in [3.8, 4) is 0 Å². The van der Waals surface area contributed by atoms with Gasteiger partial charge in [-0.05, 0) is 5.56 Å². The standard InChI is InChI=1S/C14H17N5O3S/c1-22-12(21)10(7-9-5-3-2-4-6-9)16-11(20)8-23-14-17-13(15)18-19-14/h2-6,10H,7-8H2,1H3,(H,16,20)(H3,15,17,18,19)/t10-/m0/s1. The van der Waals surface area contributed by atoms with Gasteiger partial charge in [-0.25, -0.2) is 9.89 Å². The van der Waals surface area contributed by atoms with Gasteiger partial charge in [0.05, 0.1) is 12.9 Å². The maximum absolute atomic E-state index is 12.0. The molecule has 0 unspecified atom stereocenters. The lowest BCUT2D eigenvalue weighted by atomic mass is 10.1. The van der Waals surface area contributed by atoms with E-state index in [1.165, 1.54) is 7.11 Å². The zero-order valence-corrected chi connectivity index (χ0v) is 13.3. The normalized spacial score (nSPS) is 11.7. The van der Waals surface area contributed by atoms with Gasteiger partial charge in [-0.1, -0.05) is 42.1 Å². The molecule has 0 aliphatic rings. The number of aromatic nitrogens is 3. The molecule has 9 heteroatoms. The smallest absolute Gasteiger partial charge is 0.328 e. The molecule has 2 aromatic rings. The van der Waals surface area contributed by atoms with Crippen LogP contribution in [0.2, 0.25) is 0 Å². The zero-order chi connectivity index (χ0) is 16.7. The van der Waals surface area contributed by atoms with Crippen LogP contribution in [0.1, 0.15) is 5.56 Å². The van der Waals surface area contributed by atoms with Crippen LogP contribution in [0.25, 0.3) is 0 Å². The van der Waals surface area contributed by atoms with Gasteiger partial charge in [0.1, 0.15) is 6.04 Å². The number of carbonyl (C=O) groups excluding carboxylic acids is 2. The molecule has 0 fully saturated rings. The number of hydrogen-bond donors (Lipinski definition) is 3. The number of anilines is 1. The molecule has 8 nitrogen and oxygen atoms in total. The van der Waals surface area contributed by atoms with Gasteiger partial charge < -0.3 is 15.8 Å². The number of thioether (sulfide) groups is 1. The first kappa shape index (κ1) is 16.8. The van der Waals surface area contributed by atoms with Crippen molar-refractivity contribution in [3.05, 3.63) is 35.9 Å². The van der Waals surface area contributed by atoms with E-state index in [4.69, 9.17) is 10.5 Å². The minimum absolute atomic E-state index is 0.0690. The van der Waals surface area contributed by atoms with E-state index in [1.54, 1.807) is 0 Å². The van der Waals surface area contributed by atoms with Crippen molar-refractivity contribution in [1.82, 2.24) is 20.5 Å². The van der Waals surface area contributed by atoms with Crippen molar-refractivity contribution < 1.29 is 14.3 Å². The highest BCUT2D eigenvalue weighted by Gasteiger charge is 2.22. The molecule has 1 amide bonds. The third-order valence-electron chi connectivity index (χ3n) is 2.92. The van der Waals surface area contributed by atoms with E-state index < -0.39 is 12.0 Å². The molecule has 1 aromatic carbocycles. The Hall–Kier alpha value is -2.55. The molecule has 4 N–H and O–H groups in total. The van der Waals surface area contributed by atoms with Gasteiger partial charge >= 0.3 is 5.97 Å². The Labute approximate surface area is 137 Å². The summed E-state index contributed by atoms with van der Waals surface area (Å²) in [5.41, 5.74) is 6.33. The number of nitrogen functional groups attached to an aromatic ring is 1. The number of benzene rings is 1. The number of hydrogen-bond acceptors (Lipinski definition) is 7. The molecule has 1 aromatic heterocycles. The maximum Gasteiger partial charge on any atom is 0.328 e. The fraction of sp³-hybridized carbons (Fsp3) is 0.286. The van der Waals surface area contributed by atoms with Crippen molar-refractivity contribution in [2.45, 2.75) is 17.6 Å². The molecule has 0 radical (unpaired) electrons. The Morgan fingerprint density at radius 2 is 2.13 bits per heavy atom. The summed E-state index contributed by atoms with van der Waals surface area (Å²) >= 11 is 1.12. The van der Waals surface area contributed by atoms with Crippen LogP contribution >= 0.6 is 11.8 Å². The van der Waals surface area contributed by atoms with Crippen LogP contribution in [0.3, 0.4) is 0 Å². The van der Waals surface area contributed by atoms with E-state index in [2.05, 4.69) is 20.5 Å². The highest BCUT2D eigenvalue weighted by Crippen LogP contribution is 2.12. The van der Waals surface area contributed by atoms with Crippen LogP contribution in [0.5, 0.6) is 0 Å². The summed E-state index contributed by atoms with van der Waals surface area (Å²) in [6, 6.07) is 8.65. The second-order valence-corrected chi connectivity index (χ2v) is 5.57. The lowest BCUT2D eigenvalue weighted by Gasteiger charge is -2.16. The molecule has 1 atom stereocenters. The second kappa shape index (κ2) is 8.18. The number of nitrogens with two attached hydrogens (primary N) is 1. The van der Waals surface area contributed by atoms with Crippen molar-refractivity contribution in [2.24, 2.45) is 0 Å². The van der Waals surface area contributed by atoms with E-state index in [-0.39, 0.29) is 17.6 Å². The van der Waals surface area contributed by atoms with Crippen molar-refractivity contribution in [2.75, 3.05) is 18.6 Å². The largest absolute Gasteiger partial charge is 0.467 e. The van der Waals surface area contributed by atoms with Crippen molar-refractivity contribution in [3.63, 3.8) is 0 Å². The Kier molecular flexibility index (Phi) is 5.98. The molecular formula is C14H17N5O3S. The fourth-order valence-corrected chi connectivity index (χ4v) is 2.49. The van der Waals surface area contributed by atoms with Crippen LogP contribution in [0, 0.1) is 0 Å². The number of amides is 1. The number of ether oxygens (including phenoxy) is 1. The van der Waals surface area contributed by atoms with Crippen LogP contribution in [0.4, 0.5) is 5.95 Å². The first-order valence-electron chi connectivity index (χ1n) is 6.80. The van der Waals surface area contributed by atoms with Gasteiger partial charge in [0.25, 0.3) is 0 Å². The van der Waals surface area contributed by atoms with Gasteiger partial charge in [-0.15, -0.1) is 5.10 Å². The average molecular weight is 335 g/mol. The second-order valence-electron chi connectivity index (χ2n) is 4.62. The molecule has 1 heterocycles. The number of carbonyl (C=O) groups is 2. The first-order chi connectivity index (χ1) is 11.1. The number of H-pyrrole nitrogens is 1. The SMILES string of the molecule is COC(=O)[C@H](Cc1ccccc1)NC(=O)CSc1n[nH]c(N)n1. The van der Waals surface area contributed by atoms with Crippen molar-refractivity contribution in [1.29, 1.82) is 0 Å². The predicted octanol–water partition coefficient (Wildman–Crippen LogP) is 0.379. The Morgan fingerprint density at radius 3 is 2.74 bits per heavy atom. The minimum atomic E-state index is -0.743. The van der Waals surface area contributed by atoms with Gasteiger partial charge in [0.2, 0.25) is 17.0 Å². The average Bonchev–Trinajstić information content (AvgIpc) is 2.98. The summed E-state index contributed by atoms with van der Waals surface area (Å²) in [6.07, 6.45) is 0.359. The fourth-order valence-electron chi connectivity index (χ4n) is 1.87. The lowest BCUT2D eigenvalue weighted by Crippen LogP contribution is -2.43. The number of nitrogens with one attached hydrogen (secondary N) is 2. The quantitative estimate of drug-likeness (QED) is 0.494. The molecule has 122 valence electrons. The van der Waals surface area contributed by atoms with Crippen LogP contribution in [0.15, 0.2) is 35.5 Å². The molecule has 0 spiro atoms. The van der Waals surface area contributed by atoms with E-state index in [9.17, 15) is 9.59 Å². The Bertz CT molecular complexity index is 661. The van der Waals surface area contributed by atoms with Gasteiger partial charge in [-0.3, -0.25) is 4.79 Å². The van der Waals surface area contributed by atoms with Crippen molar-refractivity contribution >= 4 is 29.6 Å². The van der Waals surface area contributed by atoms with E-state index in [0.29, 0.717) is 11.6 Å². The van der Waals surface area contributed by atoms with Crippen LogP contribution in [-0.2, 0) is 20.7 Å². The summed E-state index contributed by atoms with van der Waals surface area (Å²) < 4.78 is 4.74. The predicted molar refractivity (Wildman–Crippen MR) is 85.6 cm³/mol. The van der Waals surface area contributed by atoms with Crippen LogP contribution < -0.4 is 11.1 Å². The Balaban J connectivity index is 1.91. The maximum atomic E-state index is 12.0. The molecular weight excluding hydrogens is 318 g/mol. The summed E-state index contributed by atoms with van der Waals surface area (Å²) in [5, 5.41) is 9.33. The van der Waals surface area contributed by atoms with Gasteiger partial charge in [0, 0.05) is 6.42 Å². The Morgan fingerprint density at radius 1 is 1.39 bits per heavy atom. The molecule has 0 bridgehead atoms. The molecule has 2 rings (SSSR count). The molecule has 0 aliphatic carbocycles. The third kappa shape index (κ3) is 5.29. The number of aromatic amines is 1. The summed E-state index contributed by atoms with van der Waals surface area (Å²) in [4.78, 5) is 27.7. The van der Waals surface area contributed by atoms with E-state index in [1.807, 2.05) is 30.3 Å². The molecule has 0 aliphatic heterocycles. The molecule has 0 saturated heterocycles. The summed E-state index contributed by atoms with van der Waals surface area (Å²) in [6.45, 7) is 0. The lowest BCUT2D eigenvalue weighted by molar-refractivity contribution is -0.144. The number of rotatable bonds is 7. The summed E-state index contributed by atoms with van der Waals surface area (Å²) in [5.74, 6) is -0.553. The zero-order valence-electron chi connectivity index (χ0n) is 12.5. The topological polar surface area (TPSA) is 123 Å². The van der Waals surface area contributed by atoms with Gasteiger partial charge in [-0.2, -0.15) is 4.98 Å². The van der Waals surface area contributed by atoms with Crippen LogP contribution in [-0.4, -0.2) is 46.0 Å². The third-order valence-corrected chi connectivity index (χ3v) is 3.77. The number of esters is 1. The monoisotopic (exact) mass is 335 g/mol. The first-order valence-corrected chi connectivity index (χ1v) is 7.79. The molecule has 23 heavy (non-hydrogen) atoms. The number of methoxy groups -OCH3 is 1. The van der Waals surface area contributed by atoms with E-state index >= 15 is 0 Å².